The molecule has 0 saturated carbocycles. The molecule has 1 amide bonds. The second-order valence-corrected chi connectivity index (χ2v) is 7.93. The Morgan fingerprint density at radius 3 is 2.56 bits per heavy atom. The number of carbonyl (C=O) groups is 1. The lowest BCUT2D eigenvalue weighted by Gasteiger charge is -2.18. The van der Waals surface area contributed by atoms with E-state index in [1.807, 2.05) is 24.3 Å². The molecule has 32 heavy (non-hydrogen) atoms. The van der Waals surface area contributed by atoms with E-state index in [4.69, 9.17) is 14.7 Å². The fraction of sp³-hybridized carbons (Fsp3) is 0.292. The molecule has 166 valence electrons. The average molecular weight is 451 g/mol. The number of nitrogens with one attached hydrogen (secondary N) is 1. The Morgan fingerprint density at radius 2 is 1.91 bits per heavy atom. The van der Waals surface area contributed by atoms with Crippen LogP contribution in [-0.2, 0) is 0 Å². The molecule has 2 aromatic rings. The van der Waals surface area contributed by atoms with Crippen LogP contribution in [0.25, 0.3) is 6.08 Å². The molecular formula is C24H26N4O3S. The molecule has 3 rings (SSSR count). The minimum atomic E-state index is -0.227. The van der Waals surface area contributed by atoms with Crippen molar-refractivity contribution in [2.24, 2.45) is 4.99 Å². The molecule has 0 fully saturated rings. The van der Waals surface area contributed by atoms with Gasteiger partial charge in [0.1, 0.15) is 11.6 Å². The van der Waals surface area contributed by atoms with Gasteiger partial charge in [-0.2, -0.15) is 10.3 Å². The van der Waals surface area contributed by atoms with E-state index in [0.717, 1.165) is 41.9 Å². The fourth-order valence-electron chi connectivity index (χ4n) is 3.14. The predicted octanol–water partition coefficient (Wildman–Crippen LogP) is 4.90. The molecule has 0 aromatic heterocycles. The van der Waals surface area contributed by atoms with Gasteiger partial charge in [0.25, 0.3) is 0 Å². The van der Waals surface area contributed by atoms with Crippen LogP contribution in [0, 0.1) is 11.3 Å². The number of rotatable bonds is 9. The molecule has 0 unspecified atom stereocenters. The summed E-state index contributed by atoms with van der Waals surface area (Å²) in [6, 6.07) is 14.5. The van der Waals surface area contributed by atoms with Crippen LogP contribution in [0.4, 0.5) is 4.79 Å². The lowest BCUT2D eigenvalue weighted by atomic mass is 10.1. The number of nitriles is 1. The number of methoxy groups -OCH3 is 1. The van der Waals surface area contributed by atoms with Gasteiger partial charge in [0.05, 0.1) is 23.6 Å². The number of benzene rings is 2. The Bertz CT molecular complexity index is 1050. The number of aliphatic imine (C=N–C) groups is 1. The average Bonchev–Trinajstić information content (AvgIpc) is 3.16. The van der Waals surface area contributed by atoms with Crippen LogP contribution in [0.15, 0.2) is 52.4 Å². The van der Waals surface area contributed by atoms with E-state index in [-0.39, 0.29) is 5.24 Å². The molecule has 0 saturated heterocycles. The highest BCUT2D eigenvalue weighted by Gasteiger charge is 2.21. The number of thioether (sulfide) groups is 1. The maximum Gasteiger partial charge on any atom is 0.311 e. The standard InChI is InChI=1S/C24H26N4O3S/c1-4-28(5-2)13-12-26-23-22(32-24(29)27-23)15-18-8-11-20(21(14-18)30-3)31-19-9-6-17(16-25)7-10-19/h6-11,14-15H,4-5,12-13H2,1-3H3,(H,26,27,29). The van der Waals surface area contributed by atoms with Crippen molar-refractivity contribution in [1.29, 1.82) is 5.26 Å². The van der Waals surface area contributed by atoms with Crippen molar-refractivity contribution in [1.82, 2.24) is 10.2 Å². The van der Waals surface area contributed by atoms with Crippen molar-refractivity contribution in [3.05, 3.63) is 58.5 Å². The lowest BCUT2D eigenvalue weighted by molar-refractivity contribution is 0.268. The molecule has 7 nitrogen and oxygen atoms in total. The third kappa shape index (κ3) is 6.13. The van der Waals surface area contributed by atoms with Crippen LogP contribution in [-0.4, -0.2) is 49.3 Å². The van der Waals surface area contributed by atoms with Gasteiger partial charge in [-0.05, 0) is 72.9 Å². The highest BCUT2D eigenvalue weighted by atomic mass is 32.2. The Hall–Kier alpha value is -3.28. The summed E-state index contributed by atoms with van der Waals surface area (Å²) < 4.78 is 11.4. The zero-order valence-corrected chi connectivity index (χ0v) is 19.2. The fourth-order valence-corrected chi connectivity index (χ4v) is 3.88. The smallest absolute Gasteiger partial charge is 0.311 e. The van der Waals surface area contributed by atoms with Crippen molar-refractivity contribution in [2.75, 3.05) is 33.3 Å². The van der Waals surface area contributed by atoms with E-state index in [9.17, 15) is 4.79 Å². The second-order valence-electron chi connectivity index (χ2n) is 6.94. The summed E-state index contributed by atoms with van der Waals surface area (Å²) in [5.74, 6) is 2.33. The summed E-state index contributed by atoms with van der Waals surface area (Å²) in [5, 5.41) is 12.0. The van der Waals surface area contributed by atoms with Crippen LogP contribution in [0.2, 0.25) is 0 Å². The highest BCUT2D eigenvalue weighted by Crippen LogP contribution is 2.34. The van der Waals surface area contributed by atoms with Crippen molar-refractivity contribution in [2.45, 2.75) is 13.8 Å². The van der Waals surface area contributed by atoms with Gasteiger partial charge in [0, 0.05) is 13.1 Å². The van der Waals surface area contributed by atoms with Gasteiger partial charge in [0.15, 0.2) is 11.5 Å². The first-order chi connectivity index (χ1) is 15.6. The van der Waals surface area contributed by atoms with Crippen molar-refractivity contribution < 1.29 is 14.3 Å². The molecule has 0 bridgehead atoms. The summed E-state index contributed by atoms with van der Waals surface area (Å²) in [6.45, 7) is 7.82. The number of amides is 1. The summed E-state index contributed by atoms with van der Waals surface area (Å²) in [7, 11) is 1.58. The maximum absolute atomic E-state index is 11.9. The number of amidine groups is 1. The summed E-state index contributed by atoms with van der Waals surface area (Å²) in [4.78, 5) is 19.1. The van der Waals surface area contributed by atoms with E-state index in [1.165, 1.54) is 0 Å². The molecule has 0 aliphatic carbocycles. The monoisotopic (exact) mass is 450 g/mol. The lowest BCUT2D eigenvalue weighted by Crippen LogP contribution is -2.34. The highest BCUT2D eigenvalue weighted by molar-refractivity contribution is 8.18. The maximum atomic E-state index is 11.9. The van der Waals surface area contributed by atoms with E-state index < -0.39 is 0 Å². The van der Waals surface area contributed by atoms with Crippen LogP contribution >= 0.6 is 11.8 Å². The molecule has 1 aliphatic rings. The molecular weight excluding hydrogens is 424 g/mol. The van der Waals surface area contributed by atoms with Crippen LogP contribution in [0.5, 0.6) is 17.2 Å². The normalized spacial score (nSPS) is 14.4. The minimum Gasteiger partial charge on any atom is -0.493 e. The van der Waals surface area contributed by atoms with Gasteiger partial charge in [-0.25, -0.2) is 0 Å². The number of hydrogen-bond donors (Lipinski definition) is 1. The van der Waals surface area contributed by atoms with E-state index in [0.29, 0.717) is 35.2 Å². The minimum absolute atomic E-state index is 0.227. The summed E-state index contributed by atoms with van der Waals surface area (Å²) in [6.07, 6.45) is 1.91. The van der Waals surface area contributed by atoms with Gasteiger partial charge in [0.2, 0.25) is 0 Å². The van der Waals surface area contributed by atoms with Gasteiger partial charge in [-0.1, -0.05) is 19.9 Å². The first-order valence-electron chi connectivity index (χ1n) is 10.4. The molecule has 0 atom stereocenters. The number of likely N-dealkylation sites (N-methyl/N-ethyl adjacent to an activating group) is 1. The first kappa shape index (κ1) is 23.4. The molecule has 1 N–H and O–H groups in total. The summed E-state index contributed by atoms with van der Waals surface area (Å²) in [5.41, 5.74) is 1.43. The van der Waals surface area contributed by atoms with E-state index in [1.54, 1.807) is 31.4 Å². The quantitative estimate of drug-likeness (QED) is 0.581. The number of ether oxygens (including phenoxy) is 2. The van der Waals surface area contributed by atoms with Crippen LogP contribution < -0.4 is 14.8 Å². The summed E-state index contributed by atoms with van der Waals surface area (Å²) >= 11 is 1.11. The second kappa shape index (κ2) is 11.4. The predicted molar refractivity (Wildman–Crippen MR) is 128 cm³/mol. The molecule has 8 heteroatoms. The van der Waals surface area contributed by atoms with Gasteiger partial charge in [-0.3, -0.25) is 4.79 Å². The molecule has 2 aromatic carbocycles. The Kier molecular flexibility index (Phi) is 8.31. The zero-order valence-electron chi connectivity index (χ0n) is 18.4. The van der Waals surface area contributed by atoms with Gasteiger partial charge in [-0.15, -0.1) is 0 Å². The number of carbonyl (C=O) groups excluding carboxylic acids is 1. The molecule has 0 spiro atoms. The zero-order chi connectivity index (χ0) is 22.9. The Balaban J connectivity index is 1.73. The van der Waals surface area contributed by atoms with Crippen LogP contribution in [0.1, 0.15) is 25.0 Å². The number of nitrogens with zero attached hydrogens (tertiary/aromatic N) is 3. The third-order valence-corrected chi connectivity index (χ3v) is 5.74. The topological polar surface area (TPSA) is 87.0 Å². The van der Waals surface area contributed by atoms with E-state index in [2.05, 4.69) is 35.1 Å². The molecule has 0 radical (unpaired) electrons. The van der Waals surface area contributed by atoms with Gasteiger partial charge < -0.3 is 19.7 Å². The van der Waals surface area contributed by atoms with Gasteiger partial charge >= 0.3 is 5.24 Å². The number of hydrogen-bond acceptors (Lipinski definition) is 7. The molecule has 1 aliphatic heterocycles. The third-order valence-electron chi connectivity index (χ3n) is 4.95. The first-order valence-corrected chi connectivity index (χ1v) is 11.2. The Morgan fingerprint density at radius 1 is 1.16 bits per heavy atom. The van der Waals surface area contributed by atoms with Crippen LogP contribution in [0.3, 0.4) is 0 Å². The van der Waals surface area contributed by atoms with Crippen molar-refractivity contribution >= 4 is 28.9 Å². The SMILES string of the molecule is CCN(CC)CCNC1=NC(=O)SC1=Cc1ccc(Oc2ccc(C#N)cc2)c(OC)c1. The largest absolute Gasteiger partial charge is 0.493 e. The molecule has 1 heterocycles. The van der Waals surface area contributed by atoms with Crippen molar-refractivity contribution in [3.63, 3.8) is 0 Å². The van der Waals surface area contributed by atoms with E-state index >= 15 is 0 Å². The Labute approximate surface area is 192 Å². The van der Waals surface area contributed by atoms with Crippen molar-refractivity contribution in [3.8, 4) is 23.3 Å².